The smallest absolute Gasteiger partial charge is 0.336 e. The Bertz CT molecular complexity index is 149. The summed E-state index contributed by atoms with van der Waals surface area (Å²) in [6.45, 7) is 2.84. The maximum atomic E-state index is 10.8. The fourth-order valence-electron chi connectivity index (χ4n) is 1.22. The monoisotopic (exact) mass is 202 g/mol. The second-order valence-corrected chi connectivity index (χ2v) is 3.52. The summed E-state index contributed by atoms with van der Waals surface area (Å²) < 4.78 is 0. The van der Waals surface area contributed by atoms with E-state index >= 15 is 0 Å². The normalized spacial score (nSPS) is 9.93. The maximum Gasteiger partial charge on any atom is 0.340 e. The van der Waals surface area contributed by atoms with Gasteiger partial charge in [0.1, 0.15) is 0 Å². The molecule has 0 heterocycles. The van der Waals surface area contributed by atoms with Crippen LogP contribution < -0.4 is 5.32 Å². The van der Waals surface area contributed by atoms with Crippen molar-refractivity contribution >= 4 is 6.03 Å². The van der Waals surface area contributed by atoms with Gasteiger partial charge in [0, 0.05) is 13.6 Å². The van der Waals surface area contributed by atoms with Crippen molar-refractivity contribution in [2.75, 3.05) is 13.6 Å². The maximum absolute atomic E-state index is 10.8. The average molecular weight is 202 g/mol. The number of hydrogen-bond acceptors (Lipinski definition) is 2. The van der Waals surface area contributed by atoms with Crippen LogP contribution in [0.4, 0.5) is 4.79 Å². The third-order valence-corrected chi connectivity index (χ3v) is 2.10. The third-order valence-electron chi connectivity index (χ3n) is 2.10. The molecule has 0 fully saturated rings. The second-order valence-electron chi connectivity index (χ2n) is 3.52. The molecule has 2 amide bonds. The van der Waals surface area contributed by atoms with Gasteiger partial charge in [-0.2, -0.15) is 0 Å². The molecule has 0 aliphatic heterocycles. The lowest BCUT2D eigenvalue weighted by Crippen LogP contribution is -2.35. The van der Waals surface area contributed by atoms with E-state index in [1.165, 1.54) is 32.7 Å². The van der Waals surface area contributed by atoms with Crippen LogP contribution in [0, 0.1) is 0 Å². The quantitative estimate of drug-likeness (QED) is 0.378. The van der Waals surface area contributed by atoms with Crippen molar-refractivity contribution < 1.29 is 10.0 Å². The van der Waals surface area contributed by atoms with Gasteiger partial charge >= 0.3 is 6.03 Å². The summed E-state index contributed by atoms with van der Waals surface area (Å²) in [6.07, 6.45) is 7.21. The molecule has 4 nitrogen and oxygen atoms in total. The van der Waals surface area contributed by atoms with Gasteiger partial charge in [0.15, 0.2) is 0 Å². The number of carbonyl (C=O) groups excluding carboxylic acids is 1. The highest BCUT2D eigenvalue weighted by Gasteiger charge is 2.01. The minimum absolute atomic E-state index is 0.432. The molecule has 84 valence electrons. The summed E-state index contributed by atoms with van der Waals surface area (Å²) in [5.41, 5.74) is 0. The zero-order chi connectivity index (χ0) is 10.8. The summed E-state index contributed by atoms with van der Waals surface area (Å²) in [7, 11) is 1.32. The van der Waals surface area contributed by atoms with Crippen LogP contribution in [0.2, 0.25) is 0 Å². The van der Waals surface area contributed by atoms with E-state index < -0.39 is 6.03 Å². The number of amides is 2. The molecular formula is C10H22N2O2. The van der Waals surface area contributed by atoms with Gasteiger partial charge < -0.3 is 5.32 Å². The van der Waals surface area contributed by atoms with Crippen LogP contribution in [0.1, 0.15) is 45.4 Å². The van der Waals surface area contributed by atoms with Gasteiger partial charge in [-0.3, -0.25) is 5.21 Å². The average Bonchev–Trinajstić information content (AvgIpc) is 2.16. The van der Waals surface area contributed by atoms with Crippen molar-refractivity contribution in [3.63, 3.8) is 0 Å². The van der Waals surface area contributed by atoms with Gasteiger partial charge in [-0.25, -0.2) is 9.86 Å². The first-order valence-electron chi connectivity index (χ1n) is 5.39. The number of carbonyl (C=O) groups is 1. The predicted octanol–water partition coefficient (Wildman–Crippen LogP) is 2.38. The van der Waals surface area contributed by atoms with Gasteiger partial charge in [0.25, 0.3) is 0 Å². The molecule has 0 radical (unpaired) electrons. The summed E-state index contributed by atoms with van der Waals surface area (Å²) in [4.78, 5) is 10.8. The van der Waals surface area contributed by atoms with E-state index in [9.17, 15) is 4.79 Å². The van der Waals surface area contributed by atoms with Crippen LogP contribution in [-0.4, -0.2) is 29.9 Å². The molecule has 0 unspecified atom stereocenters. The minimum Gasteiger partial charge on any atom is -0.336 e. The van der Waals surface area contributed by atoms with E-state index in [2.05, 4.69) is 12.2 Å². The molecule has 0 saturated heterocycles. The van der Waals surface area contributed by atoms with Crippen molar-refractivity contribution in [3.8, 4) is 0 Å². The Morgan fingerprint density at radius 1 is 1.21 bits per heavy atom. The van der Waals surface area contributed by atoms with Crippen molar-refractivity contribution in [3.05, 3.63) is 0 Å². The molecule has 4 heteroatoms. The molecule has 0 spiro atoms. The molecule has 0 aliphatic rings. The molecule has 0 aromatic carbocycles. The Morgan fingerprint density at radius 3 is 2.36 bits per heavy atom. The van der Waals surface area contributed by atoms with E-state index in [1.54, 1.807) is 0 Å². The highest BCUT2D eigenvalue weighted by Crippen LogP contribution is 2.03. The lowest BCUT2D eigenvalue weighted by molar-refractivity contribution is -0.0182. The summed E-state index contributed by atoms with van der Waals surface area (Å²) in [6, 6.07) is -0.432. The van der Waals surface area contributed by atoms with Crippen LogP contribution in [-0.2, 0) is 0 Å². The molecule has 0 atom stereocenters. The molecule has 0 aromatic rings. The van der Waals surface area contributed by atoms with Gasteiger partial charge in [-0.15, -0.1) is 0 Å². The summed E-state index contributed by atoms with van der Waals surface area (Å²) in [5.74, 6) is 0. The first kappa shape index (κ1) is 13.2. The highest BCUT2D eigenvalue weighted by atomic mass is 16.5. The van der Waals surface area contributed by atoms with Gasteiger partial charge in [0.2, 0.25) is 0 Å². The number of urea groups is 1. The number of unbranched alkanes of at least 4 members (excludes halogenated alkanes) is 5. The van der Waals surface area contributed by atoms with Crippen molar-refractivity contribution in [1.29, 1.82) is 0 Å². The fraction of sp³-hybridized carbons (Fsp3) is 0.900. The SMILES string of the molecule is CCCCCCCCNC(=O)N(C)O. The zero-order valence-corrected chi connectivity index (χ0v) is 9.25. The predicted molar refractivity (Wildman–Crippen MR) is 56.3 cm³/mol. The fourth-order valence-corrected chi connectivity index (χ4v) is 1.22. The third kappa shape index (κ3) is 7.86. The number of hydrogen-bond donors (Lipinski definition) is 2. The minimum atomic E-state index is -0.432. The first-order valence-corrected chi connectivity index (χ1v) is 5.39. The van der Waals surface area contributed by atoms with Crippen LogP contribution in [0.3, 0.4) is 0 Å². The van der Waals surface area contributed by atoms with E-state index in [0.717, 1.165) is 12.8 Å². The van der Waals surface area contributed by atoms with E-state index in [0.29, 0.717) is 11.6 Å². The Hall–Kier alpha value is -0.770. The molecule has 2 N–H and O–H groups in total. The van der Waals surface area contributed by atoms with Crippen molar-refractivity contribution in [2.45, 2.75) is 45.4 Å². The van der Waals surface area contributed by atoms with E-state index in [1.807, 2.05) is 0 Å². The number of nitrogens with zero attached hydrogens (tertiary/aromatic N) is 1. The summed E-state index contributed by atoms with van der Waals surface area (Å²) >= 11 is 0. The molecule has 14 heavy (non-hydrogen) atoms. The number of nitrogens with one attached hydrogen (secondary N) is 1. The van der Waals surface area contributed by atoms with Crippen LogP contribution in [0.5, 0.6) is 0 Å². The second kappa shape index (κ2) is 8.81. The zero-order valence-electron chi connectivity index (χ0n) is 9.25. The molecule has 0 aromatic heterocycles. The van der Waals surface area contributed by atoms with Crippen LogP contribution in [0.15, 0.2) is 0 Å². The van der Waals surface area contributed by atoms with Crippen LogP contribution >= 0.6 is 0 Å². The lowest BCUT2D eigenvalue weighted by atomic mass is 10.1. The number of hydroxylamine groups is 2. The van der Waals surface area contributed by atoms with Crippen LogP contribution in [0.25, 0.3) is 0 Å². The van der Waals surface area contributed by atoms with Gasteiger partial charge in [-0.05, 0) is 6.42 Å². The Balaban J connectivity index is 3.10. The van der Waals surface area contributed by atoms with Crippen molar-refractivity contribution in [1.82, 2.24) is 10.4 Å². The molecular weight excluding hydrogens is 180 g/mol. The van der Waals surface area contributed by atoms with Crippen molar-refractivity contribution in [2.24, 2.45) is 0 Å². The first-order chi connectivity index (χ1) is 6.68. The lowest BCUT2D eigenvalue weighted by Gasteiger charge is -2.09. The summed E-state index contributed by atoms with van der Waals surface area (Å²) in [5, 5.41) is 11.9. The topological polar surface area (TPSA) is 52.6 Å². The largest absolute Gasteiger partial charge is 0.340 e. The van der Waals surface area contributed by atoms with E-state index in [-0.39, 0.29) is 0 Å². The Labute approximate surface area is 86.2 Å². The molecule has 0 aliphatic carbocycles. The Kier molecular flexibility index (Phi) is 8.33. The standard InChI is InChI=1S/C10H22N2O2/c1-3-4-5-6-7-8-9-11-10(13)12(2)14/h14H,3-9H2,1-2H3,(H,11,13). The molecule has 0 saturated carbocycles. The number of rotatable bonds is 7. The Morgan fingerprint density at radius 2 is 1.79 bits per heavy atom. The van der Waals surface area contributed by atoms with Gasteiger partial charge in [0.05, 0.1) is 0 Å². The van der Waals surface area contributed by atoms with Gasteiger partial charge in [-0.1, -0.05) is 39.0 Å². The van der Waals surface area contributed by atoms with E-state index in [4.69, 9.17) is 5.21 Å². The highest BCUT2D eigenvalue weighted by molar-refractivity contribution is 5.72. The molecule has 0 bridgehead atoms. The molecule has 0 rings (SSSR count).